The number of nitrogens with zero attached hydrogens (tertiary/aromatic N) is 1. The fourth-order valence-corrected chi connectivity index (χ4v) is 2.03. The highest BCUT2D eigenvalue weighted by Gasteiger charge is 2.24. The van der Waals surface area contributed by atoms with Gasteiger partial charge < -0.3 is 21.6 Å². The Morgan fingerprint density at radius 2 is 1.95 bits per heavy atom. The lowest BCUT2D eigenvalue weighted by molar-refractivity contribution is -0.919. The summed E-state index contributed by atoms with van der Waals surface area (Å²) in [5, 5.41) is 0. The lowest BCUT2D eigenvalue weighted by Gasteiger charge is -2.36. The van der Waals surface area contributed by atoms with Crippen molar-refractivity contribution in [1.29, 1.82) is 0 Å². The second-order valence-corrected chi connectivity index (χ2v) is 5.31. The molecule has 0 fully saturated rings. The van der Waals surface area contributed by atoms with Crippen LogP contribution < -0.4 is 12.4 Å². The summed E-state index contributed by atoms with van der Waals surface area (Å²) < 4.78 is 5.88. The average Bonchev–Trinajstić information content (AvgIpc) is 2.43. The van der Waals surface area contributed by atoms with E-state index >= 15 is 0 Å². The summed E-state index contributed by atoms with van der Waals surface area (Å²) in [5.74, 6) is -0.346. The van der Waals surface area contributed by atoms with E-state index in [1.807, 2.05) is 6.07 Å². The Labute approximate surface area is 128 Å². The van der Waals surface area contributed by atoms with Gasteiger partial charge in [0.05, 0.1) is 27.2 Å². The third kappa shape index (κ3) is 5.76. The monoisotopic (exact) mass is 297 g/mol. The van der Waals surface area contributed by atoms with Gasteiger partial charge in [0.1, 0.15) is 6.04 Å². The molecule has 0 saturated heterocycles. The van der Waals surface area contributed by atoms with Crippen LogP contribution in [0.4, 0.5) is 0 Å². The molecule has 1 rings (SSSR count). The van der Waals surface area contributed by atoms with Gasteiger partial charge in [0.2, 0.25) is 0 Å². The Hall–Kier alpha value is -1.32. The third-order valence-corrected chi connectivity index (χ3v) is 3.62. The Morgan fingerprint density at radius 3 is 2.50 bits per heavy atom. The smallest absolute Gasteiger partial charge is 0.330 e. The SMILES string of the molecule is C=CC(=O)OCCC[N+](C)(C)C(C)c1ccccc1.[Cl-]. The van der Waals surface area contributed by atoms with Gasteiger partial charge in [-0.25, -0.2) is 4.79 Å². The molecule has 1 atom stereocenters. The van der Waals surface area contributed by atoms with E-state index in [0.29, 0.717) is 12.6 Å². The molecule has 0 radical (unpaired) electrons. The zero-order valence-corrected chi connectivity index (χ0v) is 13.3. The summed E-state index contributed by atoms with van der Waals surface area (Å²) in [7, 11) is 4.40. The number of quaternary nitrogens is 1. The number of carbonyl (C=O) groups is 1. The van der Waals surface area contributed by atoms with Crippen LogP contribution in [0, 0.1) is 0 Å². The Morgan fingerprint density at radius 1 is 1.35 bits per heavy atom. The van der Waals surface area contributed by atoms with E-state index in [0.717, 1.165) is 17.4 Å². The maximum atomic E-state index is 10.9. The van der Waals surface area contributed by atoms with E-state index in [4.69, 9.17) is 4.74 Å². The molecule has 0 saturated carbocycles. The minimum absolute atomic E-state index is 0. The first-order valence-corrected chi connectivity index (χ1v) is 6.64. The molecular formula is C16H24ClNO2. The molecule has 0 amide bonds. The number of carbonyl (C=O) groups excluding carboxylic acids is 1. The normalized spacial score (nSPS) is 12.2. The minimum atomic E-state index is -0.346. The topological polar surface area (TPSA) is 26.3 Å². The van der Waals surface area contributed by atoms with Gasteiger partial charge in [-0.3, -0.25) is 0 Å². The summed E-state index contributed by atoms with van der Waals surface area (Å²) in [4.78, 5) is 10.9. The van der Waals surface area contributed by atoms with Crippen LogP contribution in [-0.2, 0) is 9.53 Å². The summed E-state index contributed by atoms with van der Waals surface area (Å²) in [6, 6.07) is 10.9. The standard InChI is InChI=1S/C16H24NO2.ClH/c1-5-16(18)19-13-9-12-17(3,4)14(2)15-10-7-6-8-11-15;/h5-8,10-11,14H,1,9,12-13H2,2-4H3;1H/q+1;/p-1. The fraction of sp³-hybridized carbons (Fsp3) is 0.438. The molecule has 1 aromatic carbocycles. The minimum Gasteiger partial charge on any atom is -1.00 e. The molecule has 0 aliphatic carbocycles. The van der Waals surface area contributed by atoms with E-state index in [1.54, 1.807) is 0 Å². The van der Waals surface area contributed by atoms with Crippen molar-refractivity contribution in [2.45, 2.75) is 19.4 Å². The number of hydrogen-bond acceptors (Lipinski definition) is 2. The van der Waals surface area contributed by atoms with Crippen LogP contribution in [0.5, 0.6) is 0 Å². The van der Waals surface area contributed by atoms with E-state index in [-0.39, 0.29) is 18.4 Å². The lowest BCUT2D eigenvalue weighted by atomic mass is 10.1. The summed E-state index contributed by atoms with van der Waals surface area (Å²) in [6.45, 7) is 7.02. The van der Waals surface area contributed by atoms with Crippen LogP contribution in [0.3, 0.4) is 0 Å². The summed E-state index contributed by atoms with van der Waals surface area (Å²) in [5.41, 5.74) is 1.33. The molecule has 20 heavy (non-hydrogen) atoms. The van der Waals surface area contributed by atoms with E-state index < -0.39 is 0 Å². The molecule has 0 aliphatic heterocycles. The molecule has 0 aromatic heterocycles. The van der Waals surface area contributed by atoms with Crippen LogP contribution in [0.25, 0.3) is 0 Å². The van der Waals surface area contributed by atoms with Gasteiger partial charge in [0.15, 0.2) is 0 Å². The zero-order chi connectivity index (χ0) is 14.3. The van der Waals surface area contributed by atoms with Crippen LogP contribution in [0.1, 0.15) is 24.9 Å². The molecule has 0 spiro atoms. The number of benzene rings is 1. The predicted octanol–water partition coefficient (Wildman–Crippen LogP) is -0.0527. The number of halogens is 1. The first-order valence-electron chi connectivity index (χ1n) is 6.64. The van der Waals surface area contributed by atoms with Gasteiger partial charge in [-0.1, -0.05) is 36.9 Å². The highest BCUT2D eigenvalue weighted by Crippen LogP contribution is 2.24. The largest absolute Gasteiger partial charge is 1.00 e. The van der Waals surface area contributed by atoms with Crippen LogP contribution in [0.15, 0.2) is 43.0 Å². The maximum absolute atomic E-state index is 10.9. The Bertz CT molecular complexity index is 418. The van der Waals surface area contributed by atoms with Gasteiger partial charge >= 0.3 is 5.97 Å². The molecule has 1 unspecified atom stereocenters. The van der Waals surface area contributed by atoms with Gasteiger partial charge in [-0.15, -0.1) is 0 Å². The highest BCUT2D eigenvalue weighted by molar-refractivity contribution is 5.81. The van der Waals surface area contributed by atoms with Crippen molar-refractivity contribution in [2.24, 2.45) is 0 Å². The van der Waals surface area contributed by atoms with Gasteiger partial charge in [0, 0.05) is 18.1 Å². The third-order valence-electron chi connectivity index (χ3n) is 3.62. The second-order valence-electron chi connectivity index (χ2n) is 5.31. The van der Waals surface area contributed by atoms with Crippen molar-refractivity contribution in [3.63, 3.8) is 0 Å². The van der Waals surface area contributed by atoms with Crippen molar-refractivity contribution >= 4 is 5.97 Å². The molecule has 0 aliphatic rings. The molecule has 3 nitrogen and oxygen atoms in total. The van der Waals surface area contributed by atoms with Crippen molar-refractivity contribution in [3.8, 4) is 0 Å². The van der Waals surface area contributed by atoms with Crippen molar-refractivity contribution in [2.75, 3.05) is 27.2 Å². The van der Waals surface area contributed by atoms with Gasteiger partial charge in [-0.2, -0.15) is 0 Å². The molecule has 0 heterocycles. The van der Waals surface area contributed by atoms with Gasteiger partial charge in [-0.05, 0) is 6.92 Å². The molecule has 4 heteroatoms. The first-order chi connectivity index (χ1) is 8.97. The molecule has 0 N–H and O–H groups in total. The maximum Gasteiger partial charge on any atom is 0.330 e. The molecule has 0 bridgehead atoms. The van der Waals surface area contributed by atoms with Crippen LogP contribution in [0.2, 0.25) is 0 Å². The molecular weight excluding hydrogens is 274 g/mol. The number of esters is 1. The summed E-state index contributed by atoms with van der Waals surface area (Å²) >= 11 is 0. The Balaban J connectivity index is 0.00000361. The van der Waals surface area contributed by atoms with Crippen molar-refractivity contribution < 1.29 is 26.4 Å². The predicted molar refractivity (Wildman–Crippen MR) is 77.6 cm³/mol. The first kappa shape index (κ1) is 18.7. The van der Waals surface area contributed by atoms with Gasteiger partial charge in [0.25, 0.3) is 0 Å². The Kier molecular flexibility index (Phi) is 8.19. The average molecular weight is 298 g/mol. The quantitative estimate of drug-likeness (QED) is 0.305. The summed E-state index contributed by atoms with van der Waals surface area (Å²) in [6.07, 6.45) is 2.05. The molecule has 112 valence electrons. The zero-order valence-electron chi connectivity index (χ0n) is 12.5. The fourth-order valence-electron chi connectivity index (χ4n) is 2.03. The molecule has 1 aromatic rings. The second kappa shape index (κ2) is 8.77. The number of ether oxygens (including phenoxy) is 1. The van der Waals surface area contributed by atoms with Crippen LogP contribution >= 0.6 is 0 Å². The van der Waals surface area contributed by atoms with Crippen LogP contribution in [-0.4, -0.2) is 37.7 Å². The highest BCUT2D eigenvalue weighted by atomic mass is 35.5. The number of rotatable bonds is 7. The lowest BCUT2D eigenvalue weighted by Crippen LogP contribution is -3.00. The van der Waals surface area contributed by atoms with E-state index in [9.17, 15) is 4.79 Å². The van der Waals surface area contributed by atoms with Crippen molar-refractivity contribution in [1.82, 2.24) is 0 Å². The van der Waals surface area contributed by atoms with E-state index in [2.05, 4.69) is 51.9 Å². The van der Waals surface area contributed by atoms with E-state index in [1.165, 1.54) is 11.6 Å². The van der Waals surface area contributed by atoms with Crippen molar-refractivity contribution in [3.05, 3.63) is 48.6 Å². The number of hydrogen-bond donors (Lipinski definition) is 0.